The van der Waals surface area contributed by atoms with E-state index in [0.29, 0.717) is 11.5 Å². The van der Waals surface area contributed by atoms with Gasteiger partial charge in [-0.1, -0.05) is 43.2 Å². The minimum Gasteiger partial charge on any atom is -0.369 e. The van der Waals surface area contributed by atoms with E-state index in [-0.39, 0.29) is 30.1 Å². The molecule has 1 heterocycles. The number of nitrogens with one attached hydrogen (secondary N) is 1. The standard InChI is InChI=1S/C20H26N2O4S/c1-4-5-12-26-15(3)18(23)21-10-11-22-19(24)17(27-20(22)25)13-16-8-6-14(2)7-9-16/h6-9,13,15H,4-5,10-12H2,1-3H3,(H,21,23)/b17-13+. The van der Waals surface area contributed by atoms with Crippen molar-refractivity contribution < 1.29 is 19.1 Å². The van der Waals surface area contributed by atoms with E-state index in [1.54, 1.807) is 13.0 Å². The summed E-state index contributed by atoms with van der Waals surface area (Å²) in [4.78, 5) is 38.1. The van der Waals surface area contributed by atoms with Crippen molar-refractivity contribution in [3.8, 4) is 0 Å². The van der Waals surface area contributed by atoms with Crippen molar-refractivity contribution in [3.63, 3.8) is 0 Å². The molecule has 1 aliphatic heterocycles. The molecule has 3 amide bonds. The quantitative estimate of drug-likeness (QED) is 0.517. The van der Waals surface area contributed by atoms with Gasteiger partial charge in [0.25, 0.3) is 11.1 Å². The number of nitrogens with zero attached hydrogens (tertiary/aromatic N) is 1. The summed E-state index contributed by atoms with van der Waals surface area (Å²) >= 11 is 0.921. The lowest BCUT2D eigenvalue weighted by Crippen LogP contribution is -2.41. The SMILES string of the molecule is CCCCOC(C)C(=O)NCCN1C(=O)S/C(=C/c2ccc(C)cc2)C1=O. The molecule has 0 bridgehead atoms. The van der Waals surface area contributed by atoms with E-state index in [4.69, 9.17) is 4.74 Å². The molecule has 0 spiro atoms. The van der Waals surface area contributed by atoms with Gasteiger partial charge in [-0.25, -0.2) is 0 Å². The Bertz CT molecular complexity index is 715. The molecule has 0 saturated carbocycles. The molecule has 0 aliphatic carbocycles. The van der Waals surface area contributed by atoms with Crippen LogP contribution in [0.4, 0.5) is 4.79 Å². The summed E-state index contributed by atoms with van der Waals surface area (Å²) in [6, 6.07) is 7.72. The number of aryl methyl sites for hydroxylation is 1. The summed E-state index contributed by atoms with van der Waals surface area (Å²) in [5.74, 6) is -0.569. The third-order valence-electron chi connectivity index (χ3n) is 4.12. The van der Waals surface area contributed by atoms with Gasteiger partial charge in [0.15, 0.2) is 0 Å². The first-order valence-electron chi connectivity index (χ1n) is 9.13. The Kier molecular flexibility index (Phi) is 8.06. The van der Waals surface area contributed by atoms with Crippen LogP contribution in [0.3, 0.4) is 0 Å². The number of hydrogen-bond donors (Lipinski definition) is 1. The Labute approximate surface area is 164 Å². The molecular formula is C20H26N2O4S. The van der Waals surface area contributed by atoms with E-state index < -0.39 is 6.10 Å². The highest BCUT2D eigenvalue weighted by Crippen LogP contribution is 2.31. The first-order chi connectivity index (χ1) is 12.9. The molecule has 0 radical (unpaired) electrons. The van der Waals surface area contributed by atoms with Crippen molar-refractivity contribution in [2.45, 2.75) is 39.7 Å². The number of amides is 3. The third-order valence-corrected chi connectivity index (χ3v) is 5.03. The number of rotatable bonds is 9. The van der Waals surface area contributed by atoms with Crippen LogP contribution in [0.25, 0.3) is 6.08 Å². The average Bonchev–Trinajstić information content (AvgIpc) is 2.91. The summed E-state index contributed by atoms with van der Waals surface area (Å²) in [6.45, 7) is 6.62. The summed E-state index contributed by atoms with van der Waals surface area (Å²) in [5.41, 5.74) is 2.00. The van der Waals surface area contributed by atoms with Gasteiger partial charge in [-0.3, -0.25) is 19.3 Å². The lowest BCUT2D eigenvalue weighted by molar-refractivity contribution is -0.132. The minimum atomic E-state index is -0.548. The van der Waals surface area contributed by atoms with Crippen LogP contribution in [0, 0.1) is 6.92 Å². The Hall–Kier alpha value is -2.12. The smallest absolute Gasteiger partial charge is 0.293 e. The number of hydrogen-bond acceptors (Lipinski definition) is 5. The van der Waals surface area contributed by atoms with Crippen LogP contribution in [0.2, 0.25) is 0 Å². The van der Waals surface area contributed by atoms with E-state index in [0.717, 1.165) is 40.6 Å². The summed E-state index contributed by atoms with van der Waals surface area (Å²) in [5, 5.41) is 2.39. The van der Waals surface area contributed by atoms with Gasteiger partial charge in [0.2, 0.25) is 5.91 Å². The van der Waals surface area contributed by atoms with Crippen molar-refractivity contribution in [2.24, 2.45) is 0 Å². The van der Waals surface area contributed by atoms with Gasteiger partial charge in [0, 0.05) is 19.7 Å². The van der Waals surface area contributed by atoms with Gasteiger partial charge in [0.1, 0.15) is 6.10 Å². The fourth-order valence-electron chi connectivity index (χ4n) is 2.42. The van der Waals surface area contributed by atoms with E-state index >= 15 is 0 Å². The highest BCUT2D eigenvalue weighted by molar-refractivity contribution is 8.18. The monoisotopic (exact) mass is 390 g/mol. The summed E-state index contributed by atoms with van der Waals surface area (Å²) in [6.07, 6.45) is 3.07. The fourth-order valence-corrected chi connectivity index (χ4v) is 3.29. The zero-order valence-electron chi connectivity index (χ0n) is 16.0. The number of unbranched alkanes of at least 4 members (excludes halogenated alkanes) is 1. The predicted molar refractivity (Wildman–Crippen MR) is 107 cm³/mol. The van der Waals surface area contributed by atoms with Gasteiger partial charge in [-0.2, -0.15) is 0 Å². The first kappa shape index (κ1) is 21.2. The minimum absolute atomic E-state index is 0.142. The molecule has 1 atom stereocenters. The maximum absolute atomic E-state index is 12.4. The molecule has 1 fully saturated rings. The van der Waals surface area contributed by atoms with Gasteiger partial charge in [-0.15, -0.1) is 0 Å². The molecular weight excluding hydrogens is 364 g/mol. The molecule has 1 aromatic rings. The largest absolute Gasteiger partial charge is 0.369 e. The van der Waals surface area contributed by atoms with Gasteiger partial charge < -0.3 is 10.1 Å². The van der Waals surface area contributed by atoms with Crippen LogP contribution in [0.1, 0.15) is 37.8 Å². The van der Waals surface area contributed by atoms with Crippen LogP contribution in [0.15, 0.2) is 29.2 Å². The Morgan fingerprint density at radius 1 is 1.30 bits per heavy atom. The topological polar surface area (TPSA) is 75.7 Å². The van der Waals surface area contributed by atoms with Crippen molar-refractivity contribution >= 4 is 34.9 Å². The molecule has 6 nitrogen and oxygen atoms in total. The van der Waals surface area contributed by atoms with Crippen LogP contribution in [0.5, 0.6) is 0 Å². The average molecular weight is 391 g/mol. The molecule has 1 aliphatic rings. The van der Waals surface area contributed by atoms with E-state index in [2.05, 4.69) is 12.2 Å². The second-order valence-corrected chi connectivity index (χ2v) is 7.39. The van der Waals surface area contributed by atoms with Gasteiger partial charge >= 0.3 is 0 Å². The number of thioether (sulfide) groups is 1. The molecule has 7 heteroatoms. The van der Waals surface area contributed by atoms with Crippen molar-refractivity contribution in [3.05, 3.63) is 40.3 Å². The number of imide groups is 1. The Balaban J connectivity index is 1.85. The highest BCUT2D eigenvalue weighted by atomic mass is 32.2. The van der Waals surface area contributed by atoms with Gasteiger partial charge in [-0.05, 0) is 43.7 Å². The molecule has 27 heavy (non-hydrogen) atoms. The van der Waals surface area contributed by atoms with E-state index in [1.807, 2.05) is 31.2 Å². The van der Waals surface area contributed by atoms with Crippen LogP contribution >= 0.6 is 11.8 Å². The zero-order chi connectivity index (χ0) is 19.8. The first-order valence-corrected chi connectivity index (χ1v) is 9.95. The molecule has 1 N–H and O–H groups in total. The molecule has 0 aromatic heterocycles. The maximum atomic E-state index is 12.4. The molecule has 1 unspecified atom stereocenters. The number of ether oxygens (including phenoxy) is 1. The van der Waals surface area contributed by atoms with Gasteiger partial charge in [0.05, 0.1) is 4.91 Å². The van der Waals surface area contributed by atoms with Crippen LogP contribution in [-0.4, -0.2) is 47.8 Å². The van der Waals surface area contributed by atoms with E-state index in [9.17, 15) is 14.4 Å². The van der Waals surface area contributed by atoms with Crippen LogP contribution in [-0.2, 0) is 14.3 Å². The third kappa shape index (κ3) is 6.22. The number of benzene rings is 1. The van der Waals surface area contributed by atoms with Crippen molar-refractivity contribution in [1.82, 2.24) is 10.2 Å². The van der Waals surface area contributed by atoms with Crippen LogP contribution < -0.4 is 5.32 Å². The molecule has 2 rings (SSSR count). The maximum Gasteiger partial charge on any atom is 0.293 e. The molecule has 146 valence electrons. The predicted octanol–water partition coefficient (Wildman–Crippen LogP) is 3.35. The summed E-state index contributed by atoms with van der Waals surface area (Å²) < 4.78 is 5.43. The molecule has 1 saturated heterocycles. The van der Waals surface area contributed by atoms with Crippen molar-refractivity contribution in [2.75, 3.05) is 19.7 Å². The Morgan fingerprint density at radius 3 is 2.67 bits per heavy atom. The zero-order valence-corrected chi connectivity index (χ0v) is 16.8. The number of carbonyl (C=O) groups excluding carboxylic acids is 3. The number of carbonyl (C=O) groups is 3. The lowest BCUT2D eigenvalue weighted by atomic mass is 10.1. The fraction of sp³-hybridized carbons (Fsp3) is 0.450. The second kappa shape index (κ2) is 10.3. The van der Waals surface area contributed by atoms with E-state index in [1.165, 1.54) is 0 Å². The second-order valence-electron chi connectivity index (χ2n) is 6.40. The Morgan fingerprint density at radius 2 is 2.00 bits per heavy atom. The normalized spacial score (nSPS) is 16.9. The van der Waals surface area contributed by atoms with Crippen molar-refractivity contribution in [1.29, 1.82) is 0 Å². The lowest BCUT2D eigenvalue weighted by Gasteiger charge is -2.16. The molecule has 1 aromatic carbocycles. The summed E-state index contributed by atoms with van der Waals surface area (Å²) in [7, 11) is 0. The highest BCUT2D eigenvalue weighted by Gasteiger charge is 2.34.